The van der Waals surface area contributed by atoms with Gasteiger partial charge in [-0.25, -0.2) is 4.39 Å². The summed E-state index contributed by atoms with van der Waals surface area (Å²) in [5.41, 5.74) is 6.82. The topological polar surface area (TPSA) is 33.1 Å². The number of pyridine rings is 1. The minimum absolute atomic E-state index is 0.153. The molecular formula is C27H24BrFN4S. The zero-order valence-corrected chi connectivity index (χ0v) is 21.5. The van der Waals surface area contributed by atoms with Crippen molar-refractivity contribution >= 4 is 38.9 Å². The fourth-order valence-corrected chi connectivity index (χ4v) is 5.56. The van der Waals surface area contributed by atoms with Gasteiger partial charge in [-0.1, -0.05) is 28.1 Å². The smallest absolute Gasteiger partial charge is 0.174 e. The molecule has 0 spiro atoms. The first-order chi connectivity index (χ1) is 16.3. The molecular weight excluding hydrogens is 511 g/mol. The van der Waals surface area contributed by atoms with E-state index in [0.717, 1.165) is 38.5 Å². The van der Waals surface area contributed by atoms with Crippen molar-refractivity contribution < 1.29 is 4.39 Å². The number of benzene rings is 2. The predicted octanol–water partition coefficient (Wildman–Crippen LogP) is 6.88. The number of nitrogens with one attached hydrogen (secondary N) is 1. The highest BCUT2D eigenvalue weighted by molar-refractivity contribution is 9.10. The zero-order chi connectivity index (χ0) is 24.0. The Kier molecular flexibility index (Phi) is 6.00. The SMILES string of the molecule is Cc1cc(N2C(=S)NC(c3ccccn3)C2c2cc(C)n(-c3cccc(Br)c3)c2C)ccc1F. The van der Waals surface area contributed by atoms with Crippen LogP contribution in [0.1, 0.15) is 40.3 Å². The molecule has 4 aromatic rings. The first-order valence-electron chi connectivity index (χ1n) is 11.1. The van der Waals surface area contributed by atoms with Gasteiger partial charge < -0.3 is 14.8 Å². The Labute approximate surface area is 212 Å². The number of halogens is 2. The molecule has 2 aromatic carbocycles. The van der Waals surface area contributed by atoms with Crippen molar-refractivity contribution in [1.82, 2.24) is 14.9 Å². The number of aryl methyl sites for hydroxylation is 2. The highest BCUT2D eigenvalue weighted by atomic mass is 79.9. The molecule has 0 radical (unpaired) electrons. The number of nitrogens with zero attached hydrogens (tertiary/aromatic N) is 3. The molecule has 1 aliphatic rings. The van der Waals surface area contributed by atoms with Crippen LogP contribution in [0, 0.1) is 26.6 Å². The Morgan fingerprint density at radius 3 is 2.50 bits per heavy atom. The predicted molar refractivity (Wildman–Crippen MR) is 142 cm³/mol. The number of rotatable bonds is 4. The molecule has 4 nitrogen and oxygen atoms in total. The third-order valence-corrected chi connectivity index (χ3v) is 7.18. The lowest BCUT2D eigenvalue weighted by molar-refractivity contribution is 0.564. The van der Waals surface area contributed by atoms with Gasteiger partial charge in [-0.2, -0.15) is 0 Å². The van der Waals surface area contributed by atoms with Gasteiger partial charge in [0.05, 0.1) is 17.8 Å². The van der Waals surface area contributed by atoms with Crippen LogP contribution in [-0.2, 0) is 0 Å². The maximum absolute atomic E-state index is 14.1. The Morgan fingerprint density at radius 2 is 1.79 bits per heavy atom. The van der Waals surface area contributed by atoms with E-state index in [1.54, 1.807) is 19.2 Å². The molecule has 2 unspecified atom stereocenters. The highest BCUT2D eigenvalue weighted by Crippen LogP contribution is 2.44. The van der Waals surface area contributed by atoms with Crippen LogP contribution in [-0.4, -0.2) is 14.7 Å². The number of hydrogen-bond acceptors (Lipinski definition) is 2. The van der Waals surface area contributed by atoms with Crippen LogP contribution >= 0.6 is 28.1 Å². The maximum atomic E-state index is 14.1. The van der Waals surface area contributed by atoms with Crippen molar-refractivity contribution in [2.75, 3.05) is 4.90 Å². The normalized spacial score (nSPS) is 17.8. The van der Waals surface area contributed by atoms with Gasteiger partial charge in [0.1, 0.15) is 5.82 Å². The van der Waals surface area contributed by atoms with Gasteiger partial charge in [0, 0.05) is 33.4 Å². The van der Waals surface area contributed by atoms with Crippen LogP contribution < -0.4 is 10.2 Å². The lowest BCUT2D eigenvalue weighted by atomic mass is 9.96. The number of thiocarbonyl (C=S) groups is 1. The highest BCUT2D eigenvalue weighted by Gasteiger charge is 2.42. The largest absolute Gasteiger partial charge is 0.351 e. The summed E-state index contributed by atoms with van der Waals surface area (Å²) in [4.78, 5) is 6.73. The fourth-order valence-electron chi connectivity index (χ4n) is 4.83. The first-order valence-corrected chi connectivity index (χ1v) is 12.3. The lowest BCUT2D eigenvalue weighted by Gasteiger charge is -2.28. The van der Waals surface area contributed by atoms with E-state index in [1.807, 2.05) is 36.4 Å². The van der Waals surface area contributed by atoms with Crippen LogP contribution in [0.5, 0.6) is 0 Å². The summed E-state index contributed by atoms with van der Waals surface area (Å²) in [6.07, 6.45) is 1.80. The molecule has 0 amide bonds. The van der Waals surface area contributed by atoms with E-state index in [1.165, 1.54) is 6.07 Å². The third kappa shape index (κ3) is 3.93. The molecule has 34 heavy (non-hydrogen) atoms. The molecule has 1 saturated heterocycles. The molecule has 3 heterocycles. The fraction of sp³-hybridized carbons (Fsp3) is 0.185. The van der Waals surface area contributed by atoms with Crippen LogP contribution in [0.3, 0.4) is 0 Å². The monoisotopic (exact) mass is 534 g/mol. The number of hydrogen-bond donors (Lipinski definition) is 1. The van der Waals surface area contributed by atoms with Crippen LogP contribution in [0.25, 0.3) is 5.69 Å². The molecule has 5 rings (SSSR count). The number of anilines is 1. The van der Waals surface area contributed by atoms with Gasteiger partial charge >= 0.3 is 0 Å². The molecule has 0 bridgehead atoms. The second-order valence-corrected chi connectivity index (χ2v) is 9.87. The van der Waals surface area contributed by atoms with E-state index < -0.39 is 0 Å². The molecule has 1 fully saturated rings. The molecule has 0 aliphatic carbocycles. The van der Waals surface area contributed by atoms with Crippen molar-refractivity contribution in [3.8, 4) is 5.69 Å². The molecule has 1 aliphatic heterocycles. The standard InChI is InChI=1S/C27H24BrFN4S/c1-16-13-21(10-11-23(16)29)33-26(25(31-27(33)34)24-9-4-5-12-30-24)22-14-17(2)32(18(22)3)20-8-6-7-19(28)15-20/h4-15,25-26H,1-3H3,(H,31,34). The average Bonchev–Trinajstić information content (AvgIpc) is 3.31. The van der Waals surface area contributed by atoms with E-state index >= 15 is 0 Å². The summed E-state index contributed by atoms with van der Waals surface area (Å²) in [6.45, 7) is 6.02. The molecule has 2 aromatic heterocycles. The Hall–Kier alpha value is -3.03. The van der Waals surface area contributed by atoms with E-state index in [9.17, 15) is 4.39 Å². The molecule has 7 heteroatoms. The minimum atomic E-state index is -0.229. The van der Waals surface area contributed by atoms with Gasteiger partial charge in [0.25, 0.3) is 0 Å². The quantitative estimate of drug-likeness (QED) is 0.289. The van der Waals surface area contributed by atoms with E-state index in [0.29, 0.717) is 10.7 Å². The second kappa shape index (κ2) is 8.96. The summed E-state index contributed by atoms with van der Waals surface area (Å²) in [5, 5.41) is 4.09. The van der Waals surface area contributed by atoms with Crippen molar-refractivity contribution in [3.05, 3.63) is 111 Å². The molecule has 172 valence electrons. The van der Waals surface area contributed by atoms with Gasteiger partial charge in [0.15, 0.2) is 5.11 Å². The van der Waals surface area contributed by atoms with Gasteiger partial charge in [-0.15, -0.1) is 0 Å². The first kappa shape index (κ1) is 22.7. The maximum Gasteiger partial charge on any atom is 0.174 e. The van der Waals surface area contributed by atoms with E-state index in [2.05, 4.69) is 67.7 Å². The summed E-state index contributed by atoms with van der Waals surface area (Å²) in [7, 11) is 0. The van der Waals surface area contributed by atoms with Crippen molar-refractivity contribution in [3.63, 3.8) is 0 Å². The van der Waals surface area contributed by atoms with Gasteiger partial charge in [-0.05, 0) is 98.7 Å². The molecule has 1 N–H and O–H groups in total. The Balaban J connectivity index is 1.69. The van der Waals surface area contributed by atoms with E-state index in [4.69, 9.17) is 12.2 Å². The van der Waals surface area contributed by atoms with Crippen molar-refractivity contribution in [2.45, 2.75) is 32.9 Å². The van der Waals surface area contributed by atoms with Gasteiger partial charge in [0.2, 0.25) is 0 Å². The van der Waals surface area contributed by atoms with Gasteiger partial charge in [-0.3, -0.25) is 4.98 Å². The summed E-state index contributed by atoms with van der Waals surface area (Å²) < 4.78 is 17.4. The minimum Gasteiger partial charge on any atom is -0.351 e. The van der Waals surface area contributed by atoms with Crippen LogP contribution in [0.2, 0.25) is 0 Å². The number of aromatic nitrogens is 2. The lowest BCUT2D eigenvalue weighted by Crippen LogP contribution is -2.29. The van der Waals surface area contributed by atoms with Crippen molar-refractivity contribution in [2.24, 2.45) is 0 Å². The molecule has 2 atom stereocenters. The molecule has 0 saturated carbocycles. The Morgan fingerprint density at radius 1 is 0.971 bits per heavy atom. The zero-order valence-electron chi connectivity index (χ0n) is 19.1. The summed E-state index contributed by atoms with van der Waals surface area (Å²) >= 11 is 9.42. The van der Waals surface area contributed by atoms with Crippen molar-refractivity contribution in [1.29, 1.82) is 0 Å². The van der Waals surface area contributed by atoms with E-state index in [-0.39, 0.29) is 17.9 Å². The third-order valence-electron chi connectivity index (χ3n) is 6.37. The summed E-state index contributed by atoms with van der Waals surface area (Å²) in [6, 6.07) is 21.2. The average molecular weight is 535 g/mol. The Bertz CT molecular complexity index is 1380. The second-order valence-electron chi connectivity index (χ2n) is 8.57. The summed E-state index contributed by atoms with van der Waals surface area (Å²) in [5.74, 6) is -0.229. The van der Waals surface area contributed by atoms with Crippen LogP contribution in [0.4, 0.5) is 10.1 Å². The van der Waals surface area contributed by atoms with Crippen LogP contribution in [0.15, 0.2) is 77.4 Å².